The maximum absolute atomic E-state index is 12.4. The van der Waals surface area contributed by atoms with Crippen LogP contribution in [-0.4, -0.2) is 28.8 Å². The number of hydrogen-bond acceptors (Lipinski definition) is 4. The van der Waals surface area contributed by atoms with E-state index in [4.69, 9.17) is 0 Å². The standard InChI is InChI=1S/C19H25N3O3/c1-4-18(23)16(21-19(24)17(22-25)9-12(2)3)10-13-11-20-15-8-6-5-7-14(13)15/h5-8,11-12,16-17,20H,4,9-10H2,1-3H3,(H,21,24). The van der Waals surface area contributed by atoms with Gasteiger partial charge in [0.15, 0.2) is 11.8 Å². The summed E-state index contributed by atoms with van der Waals surface area (Å²) in [4.78, 5) is 38.8. The zero-order chi connectivity index (χ0) is 18.4. The number of benzene rings is 1. The van der Waals surface area contributed by atoms with Gasteiger partial charge in [0.25, 0.3) is 0 Å². The highest BCUT2D eigenvalue weighted by Gasteiger charge is 2.26. The summed E-state index contributed by atoms with van der Waals surface area (Å²) >= 11 is 0. The Hall–Kier alpha value is -2.50. The number of aromatic nitrogens is 1. The number of nitroso groups, excluding NO2 is 1. The first-order valence-corrected chi connectivity index (χ1v) is 8.66. The highest BCUT2D eigenvalue weighted by molar-refractivity contribution is 5.92. The van der Waals surface area contributed by atoms with Gasteiger partial charge in [0.05, 0.1) is 6.04 Å². The lowest BCUT2D eigenvalue weighted by atomic mass is 9.99. The van der Waals surface area contributed by atoms with Gasteiger partial charge in [-0.05, 0) is 24.0 Å². The Labute approximate surface area is 147 Å². The van der Waals surface area contributed by atoms with Crippen molar-refractivity contribution in [3.05, 3.63) is 40.9 Å². The lowest BCUT2D eigenvalue weighted by Gasteiger charge is -2.19. The van der Waals surface area contributed by atoms with Crippen LogP contribution in [0.1, 0.15) is 39.2 Å². The molecule has 2 rings (SSSR count). The predicted molar refractivity (Wildman–Crippen MR) is 98.3 cm³/mol. The van der Waals surface area contributed by atoms with Crippen LogP contribution < -0.4 is 5.32 Å². The lowest BCUT2D eigenvalue weighted by Crippen LogP contribution is -2.46. The Bertz CT molecular complexity index is 751. The van der Waals surface area contributed by atoms with Crippen molar-refractivity contribution in [3.63, 3.8) is 0 Å². The monoisotopic (exact) mass is 343 g/mol. The van der Waals surface area contributed by atoms with Gasteiger partial charge in [-0.3, -0.25) is 9.59 Å². The summed E-state index contributed by atoms with van der Waals surface area (Å²) in [6, 6.07) is 6.19. The van der Waals surface area contributed by atoms with Crippen molar-refractivity contribution in [2.45, 2.75) is 52.1 Å². The highest BCUT2D eigenvalue weighted by atomic mass is 16.3. The first kappa shape index (κ1) is 18.8. The molecular formula is C19H25N3O3. The second-order valence-electron chi connectivity index (χ2n) is 6.70. The Morgan fingerprint density at radius 3 is 2.60 bits per heavy atom. The molecule has 134 valence electrons. The zero-order valence-electron chi connectivity index (χ0n) is 14.9. The number of carbonyl (C=O) groups excluding carboxylic acids is 2. The SMILES string of the molecule is CCC(=O)C(Cc1c[nH]c2ccccc12)NC(=O)C(CC(C)C)N=O. The molecular weight excluding hydrogens is 318 g/mol. The average molecular weight is 343 g/mol. The molecule has 0 bridgehead atoms. The van der Waals surface area contributed by atoms with Crippen molar-refractivity contribution in [2.75, 3.05) is 0 Å². The van der Waals surface area contributed by atoms with E-state index in [1.54, 1.807) is 6.92 Å². The van der Waals surface area contributed by atoms with E-state index in [1.807, 2.05) is 44.3 Å². The number of nitrogens with zero attached hydrogens (tertiary/aromatic N) is 1. The number of nitrogens with one attached hydrogen (secondary N) is 2. The van der Waals surface area contributed by atoms with Gasteiger partial charge in [0, 0.05) is 29.9 Å². The summed E-state index contributed by atoms with van der Waals surface area (Å²) in [6.07, 6.45) is 2.93. The smallest absolute Gasteiger partial charge is 0.249 e. The van der Waals surface area contributed by atoms with E-state index >= 15 is 0 Å². The number of H-pyrrole nitrogens is 1. The van der Waals surface area contributed by atoms with Crippen LogP contribution in [0.15, 0.2) is 35.6 Å². The highest BCUT2D eigenvalue weighted by Crippen LogP contribution is 2.20. The topological polar surface area (TPSA) is 91.4 Å². The number of Topliss-reactive ketones (excluding diaryl/α,β-unsaturated/α-hetero) is 1. The minimum atomic E-state index is -0.963. The Morgan fingerprint density at radius 1 is 1.24 bits per heavy atom. The summed E-state index contributed by atoms with van der Waals surface area (Å²) < 4.78 is 0. The van der Waals surface area contributed by atoms with Crippen molar-refractivity contribution in [1.82, 2.24) is 10.3 Å². The molecule has 6 heteroatoms. The molecule has 0 spiro atoms. The van der Waals surface area contributed by atoms with Gasteiger partial charge < -0.3 is 10.3 Å². The van der Waals surface area contributed by atoms with E-state index in [9.17, 15) is 14.5 Å². The molecule has 0 saturated carbocycles. The number of hydrogen-bond donors (Lipinski definition) is 2. The maximum Gasteiger partial charge on any atom is 0.249 e. The summed E-state index contributed by atoms with van der Waals surface area (Å²) in [5, 5.41) is 6.69. The Kier molecular flexibility index (Phi) is 6.44. The molecule has 0 aliphatic rings. The number of rotatable bonds is 9. The summed E-state index contributed by atoms with van der Waals surface area (Å²) in [6.45, 7) is 5.61. The second-order valence-corrected chi connectivity index (χ2v) is 6.70. The fourth-order valence-corrected chi connectivity index (χ4v) is 2.92. The normalized spacial score (nSPS) is 13.6. The third kappa shape index (κ3) is 4.75. The van der Waals surface area contributed by atoms with Gasteiger partial charge in [0.1, 0.15) is 0 Å². The summed E-state index contributed by atoms with van der Waals surface area (Å²) in [7, 11) is 0. The molecule has 0 aliphatic heterocycles. The van der Waals surface area contributed by atoms with Crippen LogP contribution in [0, 0.1) is 10.8 Å². The van der Waals surface area contributed by atoms with Gasteiger partial charge in [-0.15, -0.1) is 4.91 Å². The summed E-state index contributed by atoms with van der Waals surface area (Å²) in [5.41, 5.74) is 1.95. The molecule has 6 nitrogen and oxygen atoms in total. The largest absolute Gasteiger partial charge is 0.361 e. The number of aromatic amines is 1. The van der Waals surface area contributed by atoms with Gasteiger partial charge in [-0.1, -0.05) is 44.1 Å². The Morgan fingerprint density at radius 2 is 1.96 bits per heavy atom. The Balaban J connectivity index is 2.17. The molecule has 1 aromatic carbocycles. The fourth-order valence-electron chi connectivity index (χ4n) is 2.92. The molecule has 2 aromatic rings. The van der Waals surface area contributed by atoms with Crippen LogP contribution in [0.2, 0.25) is 0 Å². The van der Waals surface area contributed by atoms with Crippen LogP contribution >= 0.6 is 0 Å². The third-order valence-corrected chi connectivity index (χ3v) is 4.28. The van der Waals surface area contributed by atoms with Gasteiger partial charge in [0.2, 0.25) is 5.91 Å². The first-order chi connectivity index (χ1) is 12.0. The van der Waals surface area contributed by atoms with Crippen LogP contribution in [-0.2, 0) is 16.0 Å². The number of ketones is 1. The van der Waals surface area contributed by atoms with E-state index < -0.39 is 18.0 Å². The molecule has 2 unspecified atom stereocenters. The minimum absolute atomic E-state index is 0.0622. The van der Waals surface area contributed by atoms with E-state index in [1.165, 1.54) is 0 Å². The van der Waals surface area contributed by atoms with Crippen LogP contribution in [0.25, 0.3) is 10.9 Å². The maximum atomic E-state index is 12.4. The second kappa shape index (κ2) is 8.55. The van der Waals surface area contributed by atoms with Crippen LogP contribution in [0.3, 0.4) is 0 Å². The van der Waals surface area contributed by atoms with Crippen molar-refractivity contribution >= 4 is 22.6 Å². The van der Waals surface area contributed by atoms with Gasteiger partial charge in [-0.2, -0.15) is 0 Å². The molecule has 2 N–H and O–H groups in total. The first-order valence-electron chi connectivity index (χ1n) is 8.66. The molecule has 2 atom stereocenters. The molecule has 25 heavy (non-hydrogen) atoms. The number of carbonyl (C=O) groups is 2. The van der Waals surface area contributed by atoms with Crippen molar-refractivity contribution < 1.29 is 9.59 Å². The van der Waals surface area contributed by atoms with E-state index in [2.05, 4.69) is 15.5 Å². The van der Waals surface area contributed by atoms with Crippen molar-refractivity contribution in [1.29, 1.82) is 0 Å². The van der Waals surface area contributed by atoms with Crippen LogP contribution in [0.5, 0.6) is 0 Å². The quantitative estimate of drug-likeness (QED) is 0.684. The van der Waals surface area contributed by atoms with Crippen molar-refractivity contribution in [3.8, 4) is 0 Å². The number of para-hydroxylation sites is 1. The van der Waals surface area contributed by atoms with Gasteiger partial charge >= 0.3 is 0 Å². The van der Waals surface area contributed by atoms with E-state index in [0.29, 0.717) is 19.3 Å². The molecule has 0 aliphatic carbocycles. The molecule has 1 amide bonds. The lowest BCUT2D eigenvalue weighted by molar-refractivity contribution is -0.128. The van der Waals surface area contributed by atoms with E-state index in [0.717, 1.165) is 16.5 Å². The van der Waals surface area contributed by atoms with Crippen LogP contribution in [0.4, 0.5) is 0 Å². The summed E-state index contributed by atoms with van der Waals surface area (Å²) in [5.74, 6) is -0.370. The zero-order valence-corrected chi connectivity index (χ0v) is 14.9. The number of amides is 1. The fraction of sp³-hybridized carbons (Fsp3) is 0.474. The molecule has 0 saturated heterocycles. The average Bonchev–Trinajstić information content (AvgIpc) is 3.01. The molecule has 0 fully saturated rings. The third-order valence-electron chi connectivity index (χ3n) is 4.28. The minimum Gasteiger partial charge on any atom is -0.361 e. The predicted octanol–water partition coefficient (Wildman–Crippen LogP) is 3.36. The molecule has 1 heterocycles. The van der Waals surface area contributed by atoms with Gasteiger partial charge in [-0.25, -0.2) is 0 Å². The van der Waals surface area contributed by atoms with E-state index in [-0.39, 0.29) is 11.7 Å². The number of fused-ring (bicyclic) bond motifs is 1. The van der Waals surface area contributed by atoms with Crippen molar-refractivity contribution in [2.24, 2.45) is 11.1 Å². The molecule has 1 aromatic heterocycles. The molecule has 0 radical (unpaired) electrons.